The smallest absolute Gasteiger partial charge is 0.378 e. The molecule has 1 aliphatic heterocycles. The third-order valence-corrected chi connectivity index (χ3v) is 7.52. The van der Waals surface area contributed by atoms with Crippen molar-refractivity contribution in [3.8, 4) is 11.4 Å². The maximum atomic E-state index is 13.8. The van der Waals surface area contributed by atoms with Crippen molar-refractivity contribution in [3.05, 3.63) is 70.7 Å². The molecule has 216 valence electrons. The van der Waals surface area contributed by atoms with Gasteiger partial charge in [0.1, 0.15) is 0 Å². The van der Waals surface area contributed by atoms with Crippen LogP contribution in [0.5, 0.6) is 0 Å². The van der Waals surface area contributed by atoms with E-state index in [1.807, 2.05) is 68.9 Å². The Morgan fingerprint density at radius 2 is 1.83 bits per heavy atom. The quantitative estimate of drug-likeness (QED) is 0.310. The average molecular weight is 566 g/mol. The van der Waals surface area contributed by atoms with E-state index in [0.717, 1.165) is 34.4 Å². The van der Waals surface area contributed by atoms with Crippen LogP contribution in [-0.2, 0) is 13.1 Å². The molecule has 3 aromatic heterocycles. The van der Waals surface area contributed by atoms with Gasteiger partial charge < -0.3 is 10.2 Å². The van der Waals surface area contributed by atoms with Gasteiger partial charge in [0, 0.05) is 49.9 Å². The Hall–Kier alpha value is -3.99. The lowest BCUT2D eigenvalue weighted by atomic mass is 10.0. The number of carbonyl (C=O) groups is 1. The summed E-state index contributed by atoms with van der Waals surface area (Å²) in [4.78, 5) is 26.4. The number of benzene rings is 1. The van der Waals surface area contributed by atoms with Crippen LogP contribution in [0.3, 0.4) is 0 Å². The summed E-state index contributed by atoms with van der Waals surface area (Å²) in [6, 6.07) is 11.3. The number of nitrogens with one attached hydrogen (secondary N) is 1. The average Bonchev–Trinajstić information content (AvgIpc) is 3.25. The van der Waals surface area contributed by atoms with Crippen LogP contribution < -0.4 is 5.32 Å². The summed E-state index contributed by atoms with van der Waals surface area (Å²) in [7, 11) is 1.78. The van der Waals surface area contributed by atoms with Crippen LogP contribution in [0.1, 0.15) is 39.8 Å². The number of anilines is 1. The molecule has 1 N–H and O–H groups in total. The molecule has 11 heteroatoms. The van der Waals surface area contributed by atoms with Crippen LogP contribution in [0.4, 0.5) is 18.9 Å². The number of carbonyl (C=O) groups excluding carboxylic acids is 1. The molecule has 0 atom stereocenters. The van der Waals surface area contributed by atoms with Gasteiger partial charge in [0.05, 0.1) is 52.6 Å². The molecule has 1 fully saturated rings. The largest absolute Gasteiger partial charge is 0.401 e. The van der Waals surface area contributed by atoms with Crippen molar-refractivity contribution < 1.29 is 18.0 Å². The summed E-state index contributed by atoms with van der Waals surface area (Å²) in [5.74, 6) is -0.128. The lowest BCUT2D eigenvalue weighted by Crippen LogP contribution is -2.57. The summed E-state index contributed by atoms with van der Waals surface area (Å²) < 4.78 is 39.8. The van der Waals surface area contributed by atoms with Gasteiger partial charge in [-0.1, -0.05) is 11.6 Å². The van der Waals surface area contributed by atoms with Gasteiger partial charge >= 0.3 is 6.18 Å². The third-order valence-electron chi connectivity index (χ3n) is 7.52. The number of fused-ring (bicyclic) bond motifs is 1. The predicted octanol–water partition coefficient (Wildman–Crippen LogP) is 5.37. The molecule has 0 radical (unpaired) electrons. The molecule has 0 unspecified atom stereocenters. The molecule has 1 aromatic carbocycles. The molecule has 1 amide bonds. The molecule has 41 heavy (non-hydrogen) atoms. The minimum Gasteiger partial charge on any atom is -0.378 e. The Kier molecular flexibility index (Phi) is 7.74. The second-order valence-corrected chi connectivity index (χ2v) is 10.8. The monoisotopic (exact) mass is 565 g/mol. The fourth-order valence-corrected chi connectivity index (χ4v) is 5.26. The fraction of sp³-hybridized carbons (Fsp3) is 0.400. The number of nitrogens with zero attached hydrogens (tertiary/aromatic N) is 6. The van der Waals surface area contributed by atoms with E-state index >= 15 is 0 Å². The fourth-order valence-electron chi connectivity index (χ4n) is 5.26. The molecule has 8 nitrogen and oxygen atoms in total. The molecule has 0 saturated carbocycles. The van der Waals surface area contributed by atoms with E-state index in [9.17, 15) is 18.0 Å². The van der Waals surface area contributed by atoms with Crippen LogP contribution in [0, 0.1) is 20.8 Å². The van der Waals surface area contributed by atoms with Crippen LogP contribution in [0.2, 0.25) is 0 Å². The van der Waals surface area contributed by atoms with Gasteiger partial charge in [-0.2, -0.15) is 18.3 Å². The summed E-state index contributed by atoms with van der Waals surface area (Å²) in [5.41, 5.74) is 6.94. The predicted molar refractivity (Wildman–Crippen MR) is 153 cm³/mol. The van der Waals surface area contributed by atoms with Crippen LogP contribution in [0.25, 0.3) is 22.3 Å². The first-order chi connectivity index (χ1) is 19.4. The van der Waals surface area contributed by atoms with E-state index < -0.39 is 12.7 Å². The van der Waals surface area contributed by atoms with Crippen LogP contribution in [0.15, 0.2) is 42.6 Å². The Morgan fingerprint density at radius 1 is 1.07 bits per heavy atom. The van der Waals surface area contributed by atoms with Crippen LogP contribution >= 0.6 is 0 Å². The Balaban J connectivity index is 1.40. The number of likely N-dealkylation sites (tertiary alicyclic amines) is 1. The first-order valence-electron chi connectivity index (χ1n) is 13.6. The Morgan fingerprint density at radius 3 is 2.49 bits per heavy atom. The van der Waals surface area contributed by atoms with E-state index in [-0.39, 0.29) is 11.9 Å². The normalized spacial score (nSPS) is 14.3. The molecular formula is C30H34F3N7O. The molecule has 1 aliphatic rings. The van der Waals surface area contributed by atoms with Crippen molar-refractivity contribution in [2.24, 2.45) is 0 Å². The van der Waals surface area contributed by atoms with E-state index in [1.54, 1.807) is 18.0 Å². The Labute approximate surface area is 237 Å². The number of alkyl halides is 3. The van der Waals surface area contributed by atoms with Crippen molar-refractivity contribution in [1.82, 2.24) is 29.5 Å². The number of rotatable bonds is 8. The molecule has 5 rings (SSSR count). The van der Waals surface area contributed by atoms with Crippen molar-refractivity contribution in [2.45, 2.75) is 53.0 Å². The SMILES string of the molecule is CCn1ncc(CN(C)C(=O)c2cc(-c3ccc(NC4CN(CC(F)(F)F)C4)c(C)n3)nc3ccc(C)cc23)c1C. The minimum atomic E-state index is -4.19. The molecule has 0 spiro atoms. The van der Waals surface area contributed by atoms with Crippen LogP contribution in [-0.4, -0.2) is 74.4 Å². The van der Waals surface area contributed by atoms with E-state index in [2.05, 4.69) is 10.4 Å². The molecule has 4 aromatic rings. The zero-order valence-corrected chi connectivity index (χ0v) is 23.9. The second-order valence-electron chi connectivity index (χ2n) is 10.8. The zero-order valence-electron chi connectivity index (χ0n) is 23.9. The van der Waals surface area contributed by atoms with Crippen molar-refractivity contribution in [3.63, 3.8) is 0 Å². The number of pyridine rings is 2. The number of amides is 1. The van der Waals surface area contributed by atoms with E-state index in [1.165, 1.54) is 4.90 Å². The van der Waals surface area contributed by atoms with E-state index in [0.29, 0.717) is 47.8 Å². The van der Waals surface area contributed by atoms with Gasteiger partial charge in [-0.3, -0.25) is 14.4 Å². The first kappa shape index (κ1) is 28.5. The number of aromatic nitrogens is 4. The van der Waals surface area contributed by atoms with Gasteiger partial charge in [-0.05, 0) is 58.0 Å². The van der Waals surface area contributed by atoms with Gasteiger partial charge in [0.15, 0.2) is 0 Å². The maximum absolute atomic E-state index is 13.8. The highest BCUT2D eigenvalue weighted by atomic mass is 19.4. The number of halogens is 3. The first-order valence-corrected chi connectivity index (χ1v) is 13.6. The highest BCUT2D eigenvalue weighted by molar-refractivity contribution is 6.07. The van der Waals surface area contributed by atoms with Crippen molar-refractivity contribution in [2.75, 3.05) is 32.0 Å². The third kappa shape index (κ3) is 6.19. The summed E-state index contributed by atoms with van der Waals surface area (Å²) in [6.45, 7) is 8.80. The Bertz CT molecular complexity index is 1590. The topological polar surface area (TPSA) is 79.2 Å². The summed E-state index contributed by atoms with van der Waals surface area (Å²) in [5, 5.41) is 8.47. The summed E-state index contributed by atoms with van der Waals surface area (Å²) in [6.07, 6.45) is -2.38. The van der Waals surface area contributed by atoms with E-state index in [4.69, 9.17) is 9.97 Å². The number of hydrogen-bond acceptors (Lipinski definition) is 6. The van der Waals surface area contributed by atoms with Gasteiger partial charge in [-0.25, -0.2) is 9.97 Å². The number of aryl methyl sites for hydroxylation is 3. The standard InChI is InChI=1S/C30H34F3N7O/c1-6-40-20(4)21(13-34-40)14-38(5)29(41)24-12-28(37-26-8-7-18(2)11-23(24)26)27-10-9-25(19(3)35-27)36-22-15-39(16-22)17-30(31,32)33/h7-13,22,36H,6,14-17H2,1-5H3. The lowest BCUT2D eigenvalue weighted by Gasteiger charge is -2.40. The second kappa shape index (κ2) is 11.1. The highest BCUT2D eigenvalue weighted by Gasteiger charge is 2.37. The summed E-state index contributed by atoms with van der Waals surface area (Å²) >= 11 is 0. The maximum Gasteiger partial charge on any atom is 0.401 e. The molecular weight excluding hydrogens is 531 g/mol. The van der Waals surface area contributed by atoms with Gasteiger partial charge in [0.25, 0.3) is 5.91 Å². The number of hydrogen-bond donors (Lipinski definition) is 1. The highest BCUT2D eigenvalue weighted by Crippen LogP contribution is 2.29. The molecule has 4 heterocycles. The van der Waals surface area contributed by atoms with Crippen molar-refractivity contribution in [1.29, 1.82) is 0 Å². The minimum absolute atomic E-state index is 0.0708. The zero-order chi connectivity index (χ0) is 29.5. The molecule has 1 saturated heterocycles. The molecule has 0 bridgehead atoms. The molecule has 0 aliphatic carbocycles. The van der Waals surface area contributed by atoms with Crippen molar-refractivity contribution >= 4 is 22.5 Å². The van der Waals surface area contributed by atoms with Gasteiger partial charge in [0.2, 0.25) is 0 Å². The lowest BCUT2D eigenvalue weighted by molar-refractivity contribution is -0.153. The van der Waals surface area contributed by atoms with Gasteiger partial charge in [-0.15, -0.1) is 0 Å².